The molecule has 2 rings (SSSR count). The lowest BCUT2D eigenvalue weighted by Gasteiger charge is -2.17. The second kappa shape index (κ2) is 7.46. The Morgan fingerprint density at radius 3 is 2.32 bits per heavy atom. The molecule has 0 bridgehead atoms. The average molecular weight is 353 g/mol. The molecule has 1 amide bonds. The van der Waals surface area contributed by atoms with E-state index in [9.17, 15) is 18.0 Å². The van der Waals surface area contributed by atoms with Gasteiger partial charge in [0.15, 0.2) is 11.5 Å². The van der Waals surface area contributed by atoms with E-state index in [-0.39, 0.29) is 0 Å². The normalized spacial score (nSPS) is 12.4. The van der Waals surface area contributed by atoms with Crippen molar-refractivity contribution in [2.24, 2.45) is 0 Å². The van der Waals surface area contributed by atoms with Crippen LogP contribution in [0.4, 0.5) is 13.2 Å². The molecule has 0 spiro atoms. The number of rotatable bonds is 5. The fourth-order valence-corrected chi connectivity index (χ4v) is 2.33. The van der Waals surface area contributed by atoms with Gasteiger partial charge in [-0.2, -0.15) is 13.2 Å². The summed E-state index contributed by atoms with van der Waals surface area (Å²) < 4.78 is 48.6. The van der Waals surface area contributed by atoms with Crippen LogP contribution in [0.1, 0.15) is 34.5 Å². The summed E-state index contributed by atoms with van der Waals surface area (Å²) in [5.74, 6) is 0.442. The standard InChI is InChI=1S/C18H18F3NO3/c1-11(12-5-4-6-14(9-12)18(19,20)21)22-17(23)13-7-8-15(24-2)16(10-13)25-3/h4-11H,1-3H3,(H,22,23). The summed E-state index contributed by atoms with van der Waals surface area (Å²) in [5, 5.41) is 2.68. The van der Waals surface area contributed by atoms with E-state index in [1.807, 2.05) is 0 Å². The van der Waals surface area contributed by atoms with Crippen LogP contribution in [0.2, 0.25) is 0 Å². The summed E-state index contributed by atoms with van der Waals surface area (Å²) >= 11 is 0. The van der Waals surface area contributed by atoms with Crippen molar-refractivity contribution in [3.63, 3.8) is 0 Å². The maximum atomic E-state index is 12.8. The number of benzene rings is 2. The Morgan fingerprint density at radius 1 is 1.04 bits per heavy atom. The molecule has 4 nitrogen and oxygen atoms in total. The highest BCUT2D eigenvalue weighted by molar-refractivity contribution is 5.95. The van der Waals surface area contributed by atoms with Crippen LogP contribution in [0.15, 0.2) is 42.5 Å². The van der Waals surface area contributed by atoms with Crippen LogP contribution >= 0.6 is 0 Å². The second-order valence-electron chi connectivity index (χ2n) is 5.39. The van der Waals surface area contributed by atoms with Crippen LogP contribution in [-0.4, -0.2) is 20.1 Å². The minimum absolute atomic E-state index is 0.316. The summed E-state index contributed by atoms with van der Waals surface area (Å²) in [6.45, 7) is 1.62. The van der Waals surface area contributed by atoms with Gasteiger partial charge in [-0.3, -0.25) is 4.79 Å². The Morgan fingerprint density at radius 2 is 1.72 bits per heavy atom. The van der Waals surface area contributed by atoms with Gasteiger partial charge >= 0.3 is 6.18 Å². The fourth-order valence-electron chi connectivity index (χ4n) is 2.33. The van der Waals surface area contributed by atoms with Crippen molar-refractivity contribution in [2.75, 3.05) is 14.2 Å². The Labute approximate surface area is 143 Å². The third-order valence-electron chi connectivity index (χ3n) is 3.71. The third-order valence-corrected chi connectivity index (χ3v) is 3.71. The van der Waals surface area contributed by atoms with Crippen molar-refractivity contribution in [1.29, 1.82) is 0 Å². The molecule has 2 aromatic carbocycles. The number of alkyl halides is 3. The van der Waals surface area contributed by atoms with Crippen molar-refractivity contribution >= 4 is 5.91 Å². The van der Waals surface area contributed by atoms with Gasteiger partial charge in [0.25, 0.3) is 5.91 Å². The van der Waals surface area contributed by atoms with E-state index in [4.69, 9.17) is 9.47 Å². The van der Waals surface area contributed by atoms with Gasteiger partial charge in [-0.25, -0.2) is 0 Å². The number of carbonyl (C=O) groups is 1. The zero-order chi connectivity index (χ0) is 18.6. The van der Waals surface area contributed by atoms with Crippen LogP contribution < -0.4 is 14.8 Å². The molecule has 0 aliphatic carbocycles. The average Bonchev–Trinajstić information content (AvgIpc) is 2.60. The van der Waals surface area contributed by atoms with Gasteiger partial charge < -0.3 is 14.8 Å². The quantitative estimate of drug-likeness (QED) is 0.876. The third kappa shape index (κ3) is 4.43. The molecule has 1 atom stereocenters. The maximum absolute atomic E-state index is 12.8. The lowest BCUT2D eigenvalue weighted by molar-refractivity contribution is -0.137. The van der Waals surface area contributed by atoms with E-state index >= 15 is 0 Å². The summed E-state index contributed by atoms with van der Waals surface area (Å²) in [6, 6.07) is 8.92. The molecule has 0 aliphatic rings. The lowest BCUT2D eigenvalue weighted by Crippen LogP contribution is -2.26. The van der Waals surface area contributed by atoms with Gasteiger partial charge in [0.2, 0.25) is 0 Å². The van der Waals surface area contributed by atoms with E-state index in [0.29, 0.717) is 22.6 Å². The van der Waals surface area contributed by atoms with Gasteiger partial charge in [-0.05, 0) is 42.8 Å². The van der Waals surface area contributed by atoms with E-state index in [2.05, 4.69) is 5.32 Å². The summed E-state index contributed by atoms with van der Waals surface area (Å²) in [6.07, 6.45) is -4.43. The van der Waals surface area contributed by atoms with Crippen LogP contribution in [0.5, 0.6) is 11.5 Å². The number of carbonyl (C=O) groups excluding carboxylic acids is 1. The smallest absolute Gasteiger partial charge is 0.416 e. The van der Waals surface area contributed by atoms with Crippen LogP contribution in [0, 0.1) is 0 Å². The molecule has 1 N–H and O–H groups in total. The van der Waals surface area contributed by atoms with Gasteiger partial charge in [-0.1, -0.05) is 12.1 Å². The Bertz CT molecular complexity index is 759. The molecule has 0 heterocycles. The highest BCUT2D eigenvalue weighted by Gasteiger charge is 2.30. The molecular formula is C18H18F3NO3. The molecule has 0 saturated heterocycles. The zero-order valence-electron chi connectivity index (χ0n) is 14.0. The number of halogens is 3. The number of ether oxygens (including phenoxy) is 2. The summed E-state index contributed by atoms with van der Waals surface area (Å²) in [5.41, 5.74) is -0.0719. The van der Waals surface area contributed by atoms with E-state index in [1.165, 1.54) is 32.4 Å². The molecule has 134 valence electrons. The number of nitrogens with one attached hydrogen (secondary N) is 1. The van der Waals surface area contributed by atoms with Gasteiger partial charge in [-0.15, -0.1) is 0 Å². The van der Waals surface area contributed by atoms with Crippen LogP contribution in [-0.2, 0) is 6.18 Å². The second-order valence-corrected chi connectivity index (χ2v) is 5.39. The molecule has 25 heavy (non-hydrogen) atoms. The lowest BCUT2D eigenvalue weighted by atomic mass is 10.0. The van der Waals surface area contributed by atoms with Crippen LogP contribution in [0.3, 0.4) is 0 Å². The summed E-state index contributed by atoms with van der Waals surface area (Å²) in [4.78, 5) is 12.3. The Kier molecular flexibility index (Phi) is 5.56. The Hall–Kier alpha value is -2.70. The van der Waals surface area contributed by atoms with Gasteiger partial charge in [0, 0.05) is 5.56 Å². The summed E-state index contributed by atoms with van der Waals surface area (Å²) in [7, 11) is 2.93. The topological polar surface area (TPSA) is 47.6 Å². The first-order chi connectivity index (χ1) is 11.8. The maximum Gasteiger partial charge on any atom is 0.416 e. The molecule has 0 fully saturated rings. The first-order valence-electron chi connectivity index (χ1n) is 7.46. The van der Waals surface area contributed by atoms with Crippen molar-refractivity contribution in [3.8, 4) is 11.5 Å². The predicted octanol–water partition coefficient (Wildman–Crippen LogP) is 4.21. The molecule has 0 aromatic heterocycles. The van der Waals surface area contributed by atoms with Crippen molar-refractivity contribution < 1.29 is 27.4 Å². The minimum Gasteiger partial charge on any atom is -0.493 e. The molecule has 0 radical (unpaired) electrons. The molecule has 0 saturated carbocycles. The highest BCUT2D eigenvalue weighted by atomic mass is 19.4. The monoisotopic (exact) mass is 353 g/mol. The van der Waals surface area contributed by atoms with Gasteiger partial charge in [0.05, 0.1) is 25.8 Å². The van der Waals surface area contributed by atoms with Crippen molar-refractivity contribution in [1.82, 2.24) is 5.32 Å². The van der Waals surface area contributed by atoms with Gasteiger partial charge in [0.1, 0.15) is 0 Å². The SMILES string of the molecule is COc1ccc(C(=O)NC(C)c2cccc(C(F)(F)F)c2)cc1OC. The largest absolute Gasteiger partial charge is 0.493 e. The van der Waals surface area contributed by atoms with E-state index in [1.54, 1.807) is 19.1 Å². The number of amides is 1. The first kappa shape index (κ1) is 18.6. The van der Waals surface area contributed by atoms with E-state index < -0.39 is 23.7 Å². The molecule has 0 aliphatic heterocycles. The minimum atomic E-state index is -4.43. The molecule has 2 aromatic rings. The van der Waals surface area contributed by atoms with E-state index in [0.717, 1.165) is 12.1 Å². The first-order valence-corrected chi connectivity index (χ1v) is 7.46. The molecule has 7 heteroatoms. The molecular weight excluding hydrogens is 335 g/mol. The number of hydrogen-bond donors (Lipinski definition) is 1. The fraction of sp³-hybridized carbons (Fsp3) is 0.278. The van der Waals surface area contributed by atoms with Crippen molar-refractivity contribution in [3.05, 3.63) is 59.2 Å². The highest BCUT2D eigenvalue weighted by Crippen LogP contribution is 2.31. The van der Waals surface area contributed by atoms with Crippen molar-refractivity contribution in [2.45, 2.75) is 19.1 Å². The van der Waals surface area contributed by atoms with Crippen LogP contribution in [0.25, 0.3) is 0 Å². The Balaban J connectivity index is 2.18. The number of hydrogen-bond acceptors (Lipinski definition) is 3. The number of methoxy groups -OCH3 is 2. The predicted molar refractivity (Wildman–Crippen MR) is 86.9 cm³/mol. The zero-order valence-corrected chi connectivity index (χ0v) is 14.0. The molecule has 1 unspecified atom stereocenters.